The lowest BCUT2D eigenvalue weighted by Gasteiger charge is -2.23. The van der Waals surface area contributed by atoms with Crippen molar-refractivity contribution in [1.82, 2.24) is 0 Å². The Hall–Kier alpha value is -1.53. The van der Waals surface area contributed by atoms with Gasteiger partial charge in [-0.3, -0.25) is 0 Å². The highest BCUT2D eigenvalue weighted by Gasteiger charge is 2.20. The van der Waals surface area contributed by atoms with E-state index in [-0.39, 0.29) is 0 Å². The molecule has 25 heavy (non-hydrogen) atoms. The minimum Gasteiger partial charge on any atom is -0.496 e. The second-order valence-electron chi connectivity index (χ2n) is 6.26. The lowest BCUT2D eigenvalue weighted by atomic mass is 10.1. The molecule has 136 valence electrons. The highest BCUT2D eigenvalue weighted by molar-refractivity contribution is 7.73. The summed E-state index contributed by atoms with van der Waals surface area (Å²) < 4.78 is 11.3. The molecule has 0 amide bonds. The maximum Gasteiger partial charge on any atom is 0.126 e. The molecule has 2 aromatic rings. The molecule has 0 aliphatic heterocycles. The molecular weight excluding hydrogens is 327 g/mol. The fourth-order valence-electron chi connectivity index (χ4n) is 3.13. The summed E-state index contributed by atoms with van der Waals surface area (Å²) in [6.45, 7) is 2.27. The van der Waals surface area contributed by atoms with Gasteiger partial charge in [-0.15, -0.1) is 0 Å². The molecule has 0 unspecified atom stereocenters. The molecule has 0 heterocycles. The van der Waals surface area contributed by atoms with Crippen LogP contribution in [-0.2, 0) is 0 Å². The fraction of sp³-hybridized carbons (Fsp3) is 0.455. The Balaban J connectivity index is 2.20. The van der Waals surface area contributed by atoms with Gasteiger partial charge in [0.2, 0.25) is 0 Å². The Morgan fingerprint density at radius 3 is 1.68 bits per heavy atom. The number of rotatable bonds is 11. The number of methoxy groups -OCH3 is 2. The van der Waals surface area contributed by atoms with Gasteiger partial charge >= 0.3 is 0 Å². The number of hydrogen-bond acceptors (Lipinski definition) is 2. The molecule has 3 heteroatoms. The summed E-state index contributed by atoms with van der Waals surface area (Å²) in [5.74, 6) is 1.98. The molecule has 2 rings (SSSR count). The lowest BCUT2D eigenvalue weighted by molar-refractivity contribution is 0.417. The number of unbranched alkanes of at least 4 members (excludes halogenated alkanes) is 5. The van der Waals surface area contributed by atoms with Crippen LogP contribution in [0.15, 0.2) is 48.5 Å². The van der Waals surface area contributed by atoms with Crippen molar-refractivity contribution in [1.29, 1.82) is 0 Å². The van der Waals surface area contributed by atoms with Crippen molar-refractivity contribution in [2.75, 3.05) is 20.4 Å². The molecule has 0 spiro atoms. The van der Waals surface area contributed by atoms with Gasteiger partial charge in [-0.2, -0.15) is 0 Å². The van der Waals surface area contributed by atoms with Crippen LogP contribution in [0.3, 0.4) is 0 Å². The van der Waals surface area contributed by atoms with Gasteiger partial charge in [0, 0.05) is 10.6 Å². The van der Waals surface area contributed by atoms with E-state index >= 15 is 0 Å². The summed E-state index contributed by atoms with van der Waals surface area (Å²) >= 11 is 0. The first-order valence-electron chi connectivity index (χ1n) is 9.35. The van der Waals surface area contributed by atoms with Crippen molar-refractivity contribution >= 4 is 18.5 Å². The average molecular weight is 358 g/mol. The first-order valence-corrected chi connectivity index (χ1v) is 10.9. The van der Waals surface area contributed by atoms with Crippen LogP contribution in [0.2, 0.25) is 0 Å². The third kappa shape index (κ3) is 5.75. The molecule has 0 saturated carbocycles. The molecule has 0 bridgehead atoms. The molecule has 0 fully saturated rings. The molecule has 0 aliphatic carbocycles. The monoisotopic (exact) mass is 358 g/mol. The third-order valence-corrected chi connectivity index (χ3v) is 7.15. The molecule has 2 nitrogen and oxygen atoms in total. The predicted molar refractivity (Wildman–Crippen MR) is 110 cm³/mol. The van der Waals surface area contributed by atoms with Crippen molar-refractivity contribution in [3.05, 3.63) is 48.5 Å². The van der Waals surface area contributed by atoms with Crippen LogP contribution in [0.25, 0.3) is 0 Å². The van der Waals surface area contributed by atoms with Gasteiger partial charge in [0.1, 0.15) is 11.5 Å². The fourth-order valence-corrected chi connectivity index (χ4v) is 5.80. The quantitative estimate of drug-likeness (QED) is 0.390. The highest BCUT2D eigenvalue weighted by Crippen LogP contribution is 2.41. The van der Waals surface area contributed by atoms with Gasteiger partial charge in [-0.05, 0) is 32.6 Å². The van der Waals surface area contributed by atoms with Gasteiger partial charge < -0.3 is 9.47 Å². The molecule has 0 N–H and O–H groups in total. The zero-order valence-corrected chi connectivity index (χ0v) is 16.7. The van der Waals surface area contributed by atoms with E-state index in [1.165, 1.54) is 55.3 Å². The molecule has 0 aromatic heterocycles. The van der Waals surface area contributed by atoms with E-state index in [2.05, 4.69) is 43.3 Å². The van der Waals surface area contributed by atoms with E-state index in [1.54, 1.807) is 14.2 Å². The first-order chi connectivity index (χ1) is 12.3. The summed E-state index contributed by atoms with van der Waals surface area (Å²) in [7, 11) is 3.05. The van der Waals surface area contributed by atoms with Crippen molar-refractivity contribution in [2.45, 2.75) is 45.4 Å². The standard InChI is InChI=1S/C22H31O2P/c1-4-5-6-7-8-13-18-25(21-16-11-9-14-19(21)23-2)22-17-12-10-15-20(22)24-3/h9-12,14-17H,4-8,13,18H2,1-3H3. The topological polar surface area (TPSA) is 18.5 Å². The Morgan fingerprint density at radius 1 is 0.680 bits per heavy atom. The average Bonchev–Trinajstić information content (AvgIpc) is 2.67. The molecule has 0 saturated heterocycles. The van der Waals surface area contributed by atoms with Crippen molar-refractivity contribution < 1.29 is 9.47 Å². The number of ether oxygens (including phenoxy) is 2. The summed E-state index contributed by atoms with van der Waals surface area (Å²) in [6, 6.07) is 16.9. The largest absolute Gasteiger partial charge is 0.496 e. The SMILES string of the molecule is CCCCCCCCP(c1ccccc1OC)c1ccccc1OC. The molecule has 2 aromatic carbocycles. The maximum absolute atomic E-state index is 5.66. The van der Waals surface area contributed by atoms with Gasteiger partial charge in [0.25, 0.3) is 0 Å². The molecule has 0 aliphatic rings. The molecule has 0 radical (unpaired) electrons. The van der Waals surface area contributed by atoms with E-state index in [1.807, 2.05) is 12.1 Å². The van der Waals surface area contributed by atoms with Gasteiger partial charge in [-0.25, -0.2) is 0 Å². The van der Waals surface area contributed by atoms with Crippen molar-refractivity contribution in [3.63, 3.8) is 0 Å². The van der Waals surface area contributed by atoms with Crippen LogP contribution >= 0.6 is 7.92 Å². The zero-order valence-electron chi connectivity index (χ0n) is 15.8. The minimum absolute atomic E-state index is 0.479. The molecular formula is C22H31O2P. The summed E-state index contributed by atoms with van der Waals surface area (Å²) in [5.41, 5.74) is 0. The van der Waals surface area contributed by atoms with Crippen molar-refractivity contribution in [3.8, 4) is 11.5 Å². The highest BCUT2D eigenvalue weighted by atomic mass is 31.1. The van der Waals surface area contributed by atoms with E-state index < -0.39 is 7.92 Å². The van der Waals surface area contributed by atoms with Gasteiger partial charge in [0.05, 0.1) is 14.2 Å². The van der Waals surface area contributed by atoms with Crippen LogP contribution in [0.4, 0.5) is 0 Å². The Bertz CT molecular complexity index is 579. The number of hydrogen-bond donors (Lipinski definition) is 0. The second kappa shape index (κ2) is 11.2. The second-order valence-corrected chi connectivity index (χ2v) is 8.53. The summed E-state index contributed by atoms with van der Waals surface area (Å²) in [6.07, 6.45) is 9.10. The number of benzene rings is 2. The van der Waals surface area contributed by atoms with Crippen LogP contribution in [0.5, 0.6) is 11.5 Å². The van der Waals surface area contributed by atoms with E-state index in [4.69, 9.17) is 9.47 Å². The zero-order chi connectivity index (χ0) is 17.9. The maximum atomic E-state index is 5.66. The number of para-hydroxylation sites is 2. The Labute approximate surface area is 154 Å². The van der Waals surface area contributed by atoms with Crippen molar-refractivity contribution in [2.24, 2.45) is 0 Å². The van der Waals surface area contributed by atoms with Crippen LogP contribution in [0, 0.1) is 0 Å². The Morgan fingerprint density at radius 2 is 1.16 bits per heavy atom. The van der Waals surface area contributed by atoms with Gasteiger partial charge in [0.15, 0.2) is 0 Å². The van der Waals surface area contributed by atoms with E-state index in [0.29, 0.717) is 0 Å². The van der Waals surface area contributed by atoms with Crippen LogP contribution in [0.1, 0.15) is 45.4 Å². The lowest BCUT2D eigenvalue weighted by Crippen LogP contribution is -2.18. The summed E-state index contributed by atoms with van der Waals surface area (Å²) in [4.78, 5) is 0. The van der Waals surface area contributed by atoms with E-state index in [0.717, 1.165) is 11.5 Å². The van der Waals surface area contributed by atoms with Crippen LogP contribution < -0.4 is 20.1 Å². The first kappa shape index (κ1) is 19.8. The molecule has 0 atom stereocenters. The van der Waals surface area contributed by atoms with E-state index in [9.17, 15) is 0 Å². The Kier molecular flexibility index (Phi) is 8.83. The van der Waals surface area contributed by atoms with Gasteiger partial charge in [-0.1, -0.05) is 75.4 Å². The van der Waals surface area contributed by atoms with Crippen LogP contribution in [-0.4, -0.2) is 20.4 Å². The summed E-state index contributed by atoms with van der Waals surface area (Å²) in [5, 5.41) is 2.64. The minimum atomic E-state index is -0.479. The predicted octanol–water partition coefficient (Wildman–Crippen LogP) is 5.50. The third-order valence-electron chi connectivity index (χ3n) is 4.49. The normalized spacial score (nSPS) is 10.9. The smallest absolute Gasteiger partial charge is 0.126 e.